The lowest BCUT2D eigenvalue weighted by Gasteiger charge is -2.04. The number of nitro benzene ring substituents is 1. The van der Waals surface area contributed by atoms with Crippen molar-refractivity contribution in [2.45, 2.75) is 12.3 Å². The molecule has 0 aliphatic heterocycles. The van der Waals surface area contributed by atoms with Crippen molar-refractivity contribution in [3.05, 3.63) is 40.2 Å². The zero-order valence-electron chi connectivity index (χ0n) is 8.82. The molecule has 0 bridgehead atoms. The summed E-state index contributed by atoms with van der Waals surface area (Å²) in [5.41, 5.74) is 0.644. The number of non-ortho nitro benzene ring substituents is 1. The highest BCUT2D eigenvalue weighted by Gasteiger charge is 2.14. The summed E-state index contributed by atoms with van der Waals surface area (Å²) in [7, 11) is 0. The molecule has 1 aromatic carbocycles. The maximum absolute atomic E-state index is 10.5. The van der Waals surface area contributed by atoms with E-state index in [1.807, 2.05) is 0 Å². The van der Waals surface area contributed by atoms with Crippen molar-refractivity contribution in [2.24, 2.45) is 0 Å². The summed E-state index contributed by atoms with van der Waals surface area (Å²) in [6.45, 7) is 1.75. The Morgan fingerprint density at radius 3 is 2.59 bits per heavy atom. The number of hydrogen-bond donors (Lipinski definition) is 0. The van der Waals surface area contributed by atoms with Gasteiger partial charge in [0.25, 0.3) is 5.69 Å². The monoisotopic (exact) mass is 253 g/mol. The van der Waals surface area contributed by atoms with Crippen LogP contribution in [0, 0.1) is 10.1 Å². The number of hydrogen-bond acceptors (Lipinski definition) is 5. The average molecular weight is 254 g/mol. The molecule has 7 nitrogen and oxygen atoms in total. The Hall–Kier alpha value is -2.02. The molecule has 1 unspecified atom stereocenters. The quantitative estimate of drug-likeness (QED) is 0.473. The normalized spacial score (nSPS) is 12.4. The number of halogens is 1. The van der Waals surface area contributed by atoms with Crippen LogP contribution in [0.25, 0.3) is 5.69 Å². The summed E-state index contributed by atoms with van der Waals surface area (Å²) in [5, 5.41) is 21.3. The molecule has 0 saturated heterocycles. The molecule has 0 saturated carbocycles. The van der Waals surface area contributed by atoms with Crippen LogP contribution in [0.5, 0.6) is 0 Å². The minimum Gasteiger partial charge on any atom is -0.258 e. The van der Waals surface area contributed by atoms with E-state index in [0.29, 0.717) is 11.5 Å². The highest BCUT2D eigenvalue weighted by Crippen LogP contribution is 2.20. The standard InChI is InChI=1S/C9H8ClN5O2/c1-6(10)9-11-12-13-14(9)7-2-4-8(5-3-7)15(16)17/h2-6H,1H3. The second-order valence-electron chi connectivity index (χ2n) is 3.34. The summed E-state index contributed by atoms with van der Waals surface area (Å²) < 4.78 is 1.45. The third kappa shape index (κ3) is 2.23. The average Bonchev–Trinajstić information content (AvgIpc) is 2.78. The first-order valence-electron chi connectivity index (χ1n) is 4.77. The van der Waals surface area contributed by atoms with E-state index in [1.165, 1.54) is 16.8 Å². The minimum atomic E-state index is -0.464. The highest BCUT2D eigenvalue weighted by molar-refractivity contribution is 6.20. The van der Waals surface area contributed by atoms with E-state index in [2.05, 4.69) is 15.5 Å². The largest absolute Gasteiger partial charge is 0.269 e. The molecular formula is C9H8ClN5O2. The molecular weight excluding hydrogens is 246 g/mol. The second kappa shape index (κ2) is 4.46. The number of tetrazole rings is 1. The summed E-state index contributed by atoms with van der Waals surface area (Å²) in [4.78, 5) is 10.0. The van der Waals surface area contributed by atoms with Crippen molar-refractivity contribution >= 4 is 17.3 Å². The molecule has 8 heteroatoms. The molecule has 17 heavy (non-hydrogen) atoms. The molecule has 1 heterocycles. The van der Waals surface area contributed by atoms with Crippen LogP contribution < -0.4 is 0 Å². The molecule has 1 aromatic heterocycles. The Balaban J connectivity index is 2.40. The Labute approximate surface area is 101 Å². The van der Waals surface area contributed by atoms with Gasteiger partial charge in [-0.2, -0.15) is 4.68 Å². The lowest BCUT2D eigenvalue weighted by Crippen LogP contribution is -2.03. The first kappa shape index (κ1) is 11.5. The molecule has 0 N–H and O–H groups in total. The number of benzene rings is 1. The van der Waals surface area contributed by atoms with Gasteiger partial charge in [-0.15, -0.1) is 16.7 Å². The number of alkyl halides is 1. The summed E-state index contributed by atoms with van der Waals surface area (Å²) in [6, 6.07) is 5.91. The van der Waals surface area contributed by atoms with Gasteiger partial charge in [0.1, 0.15) is 0 Å². The number of nitro groups is 1. The zero-order valence-corrected chi connectivity index (χ0v) is 9.57. The van der Waals surface area contributed by atoms with Crippen molar-refractivity contribution in [2.75, 3.05) is 0 Å². The maximum Gasteiger partial charge on any atom is 0.269 e. The Morgan fingerprint density at radius 1 is 1.41 bits per heavy atom. The minimum absolute atomic E-state index is 0.0160. The van der Waals surface area contributed by atoms with Crippen LogP contribution in [-0.4, -0.2) is 25.1 Å². The Morgan fingerprint density at radius 2 is 2.06 bits per heavy atom. The van der Waals surface area contributed by atoms with Crippen molar-refractivity contribution in [3.8, 4) is 5.69 Å². The lowest BCUT2D eigenvalue weighted by atomic mass is 10.3. The molecule has 0 aliphatic carbocycles. The van der Waals surface area contributed by atoms with Gasteiger partial charge >= 0.3 is 0 Å². The highest BCUT2D eigenvalue weighted by atomic mass is 35.5. The van der Waals surface area contributed by atoms with E-state index < -0.39 is 4.92 Å². The molecule has 2 rings (SSSR count). The van der Waals surface area contributed by atoms with E-state index in [4.69, 9.17) is 11.6 Å². The fourth-order valence-electron chi connectivity index (χ4n) is 1.34. The third-order valence-electron chi connectivity index (χ3n) is 2.15. The Bertz CT molecular complexity index is 537. The molecule has 88 valence electrons. The predicted octanol–water partition coefficient (Wildman–Crippen LogP) is 1.87. The number of aromatic nitrogens is 4. The fourth-order valence-corrected chi connectivity index (χ4v) is 1.48. The van der Waals surface area contributed by atoms with Gasteiger partial charge < -0.3 is 0 Å². The van der Waals surface area contributed by atoms with Gasteiger partial charge in [-0.25, -0.2) is 0 Å². The SMILES string of the molecule is CC(Cl)c1nnnn1-c1ccc([N+](=O)[O-])cc1. The summed E-state index contributed by atoms with van der Waals surface area (Å²) in [6.07, 6.45) is 0. The molecule has 0 spiro atoms. The first-order chi connectivity index (χ1) is 8.09. The van der Waals surface area contributed by atoms with Crippen LogP contribution in [0.2, 0.25) is 0 Å². The van der Waals surface area contributed by atoms with Gasteiger partial charge in [0.05, 0.1) is 16.0 Å². The smallest absolute Gasteiger partial charge is 0.258 e. The van der Waals surface area contributed by atoms with Crippen molar-refractivity contribution < 1.29 is 4.92 Å². The van der Waals surface area contributed by atoms with Crippen molar-refractivity contribution in [1.29, 1.82) is 0 Å². The van der Waals surface area contributed by atoms with Crippen LogP contribution in [0.4, 0.5) is 5.69 Å². The second-order valence-corrected chi connectivity index (χ2v) is 3.99. The van der Waals surface area contributed by atoms with Crippen LogP contribution >= 0.6 is 11.6 Å². The van der Waals surface area contributed by atoms with Crippen LogP contribution in [0.15, 0.2) is 24.3 Å². The maximum atomic E-state index is 10.5. The predicted molar refractivity (Wildman–Crippen MR) is 60.1 cm³/mol. The van der Waals surface area contributed by atoms with Crippen LogP contribution in [-0.2, 0) is 0 Å². The van der Waals surface area contributed by atoms with E-state index in [9.17, 15) is 10.1 Å². The first-order valence-corrected chi connectivity index (χ1v) is 5.20. The van der Waals surface area contributed by atoms with E-state index in [-0.39, 0.29) is 11.1 Å². The van der Waals surface area contributed by atoms with Gasteiger partial charge in [0.2, 0.25) is 0 Å². The molecule has 0 amide bonds. The fraction of sp³-hybridized carbons (Fsp3) is 0.222. The van der Waals surface area contributed by atoms with Gasteiger partial charge in [0, 0.05) is 12.1 Å². The lowest BCUT2D eigenvalue weighted by molar-refractivity contribution is -0.384. The molecule has 0 fully saturated rings. The van der Waals surface area contributed by atoms with E-state index >= 15 is 0 Å². The molecule has 0 aliphatic rings. The summed E-state index contributed by atoms with van der Waals surface area (Å²) >= 11 is 5.91. The van der Waals surface area contributed by atoms with Gasteiger partial charge in [-0.3, -0.25) is 10.1 Å². The van der Waals surface area contributed by atoms with Crippen LogP contribution in [0.3, 0.4) is 0 Å². The molecule has 2 aromatic rings. The van der Waals surface area contributed by atoms with Gasteiger partial charge in [-0.1, -0.05) is 0 Å². The van der Waals surface area contributed by atoms with E-state index in [1.54, 1.807) is 19.1 Å². The Kier molecular flexibility index (Phi) is 3.01. The molecule has 1 atom stereocenters. The van der Waals surface area contributed by atoms with Crippen molar-refractivity contribution in [3.63, 3.8) is 0 Å². The third-order valence-corrected chi connectivity index (χ3v) is 2.35. The molecule has 0 radical (unpaired) electrons. The van der Waals surface area contributed by atoms with Crippen molar-refractivity contribution in [1.82, 2.24) is 20.2 Å². The number of rotatable bonds is 3. The van der Waals surface area contributed by atoms with E-state index in [0.717, 1.165) is 0 Å². The van der Waals surface area contributed by atoms with Gasteiger partial charge in [-0.05, 0) is 29.5 Å². The topological polar surface area (TPSA) is 86.7 Å². The number of nitrogens with zero attached hydrogens (tertiary/aromatic N) is 5. The zero-order chi connectivity index (χ0) is 12.4. The van der Waals surface area contributed by atoms with Crippen LogP contribution in [0.1, 0.15) is 18.1 Å². The van der Waals surface area contributed by atoms with Gasteiger partial charge in [0.15, 0.2) is 5.82 Å². The summed E-state index contributed by atoms with van der Waals surface area (Å²) in [5.74, 6) is 0.487.